The molecular weight excluding hydrogens is 392 g/mol. The highest BCUT2D eigenvalue weighted by Gasteiger charge is 2.71. The maximum atomic E-state index is 13.4. The van der Waals surface area contributed by atoms with Gasteiger partial charge in [0, 0.05) is 13.1 Å². The van der Waals surface area contributed by atoms with Crippen molar-refractivity contribution in [3.63, 3.8) is 0 Å². The van der Waals surface area contributed by atoms with Gasteiger partial charge < -0.3 is 19.7 Å². The highest BCUT2D eigenvalue weighted by atomic mass is 16.5. The van der Waals surface area contributed by atoms with E-state index in [2.05, 4.69) is 5.32 Å². The third-order valence-electron chi connectivity index (χ3n) is 6.72. The second-order valence-electron chi connectivity index (χ2n) is 8.78. The molecule has 6 heteroatoms. The first-order valence-corrected chi connectivity index (χ1v) is 10.6. The largest absolute Gasteiger partial charge is 0.497 e. The lowest BCUT2D eigenvalue weighted by Crippen LogP contribution is -2.47. The lowest BCUT2D eigenvalue weighted by atomic mass is 9.72. The molecular formula is C25H26N2O4. The van der Waals surface area contributed by atoms with Gasteiger partial charge in [-0.3, -0.25) is 9.59 Å². The lowest BCUT2D eigenvalue weighted by molar-refractivity contribution is -0.139. The summed E-state index contributed by atoms with van der Waals surface area (Å²) in [5.41, 5.74) is 0.556. The second kappa shape index (κ2) is 7.24. The molecule has 2 fully saturated rings. The summed E-state index contributed by atoms with van der Waals surface area (Å²) < 4.78 is 11.6. The van der Waals surface area contributed by atoms with E-state index in [9.17, 15) is 9.59 Å². The minimum atomic E-state index is -0.761. The molecule has 0 saturated carbocycles. The third-order valence-corrected chi connectivity index (χ3v) is 6.72. The van der Waals surface area contributed by atoms with E-state index in [1.54, 1.807) is 7.11 Å². The number of hydrogen-bond acceptors (Lipinski definition) is 4. The van der Waals surface area contributed by atoms with E-state index >= 15 is 0 Å². The summed E-state index contributed by atoms with van der Waals surface area (Å²) in [4.78, 5) is 28.5. The molecule has 2 aromatic carbocycles. The molecule has 6 nitrogen and oxygen atoms in total. The topological polar surface area (TPSA) is 67.9 Å². The number of methoxy groups -OCH3 is 1. The lowest BCUT2D eigenvalue weighted by Gasteiger charge is -2.29. The van der Waals surface area contributed by atoms with Crippen molar-refractivity contribution in [1.29, 1.82) is 0 Å². The Morgan fingerprint density at radius 2 is 1.87 bits per heavy atom. The van der Waals surface area contributed by atoms with Gasteiger partial charge in [-0.2, -0.15) is 0 Å². The Morgan fingerprint density at radius 1 is 1.13 bits per heavy atom. The van der Waals surface area contributed by atoms with E-state index in [1.807, 2.05) is 78.6 Å². The number of nitrogens with zero attached hydrogens (tertiary/aromatic N) is 1. The van der Waals surface area contributed by atoms with Gasteiger partial charge in [0.15, 0.2) is 0 Å². The van der Waals surface area contributed by atoms with Crippen LogP contribution in [0.3, 0.4) is 0 Å². The molecule has 4 unspecified atom stereocenters. The van der Waals surface area contributed by atoms with Crippen LogP contribution < -0.4 is 10.1 Å². The van der Waals surface area contributed by atoms with Crippen LogP contribution in [-0.4, -0.2) is 41.6 Å². The Bertz CT molecular complexity index is 1040. The molecule has 5 rings (SSSR count). The molecule has 3 aliphatic heterocycles. The summed E-state index contributed by atoms with van der Waals surface area (Å²) in [7, 11) is 1.62. The van der Waals surface area contributed by atoms with E-state index in [-0.39, 0.29) is 11.8 Å². The first-order chi connectivity index (χ1) is 14.9. The molecule has 3 aliphatic rings. The Balaban J connectivity index is 1.33. The van der Waals surface area contributed by atoms with Crippen molar-refractivity contribution in [2.45, 2.75) is 31.2 Å². The van der Waals surface area contributed by atoms with Gasteiger partial charge in [0.25, 0.3) is 0 Å². The molecule has 2 aromatic rings. The van der Waals surface area contributed by atoms with Crippen LogP contribution in [0.25, 0.3) is 0 Å². The van der Waals surface area contributed by atoms with Crippen molar-refractivity contribution in [2.75, 3.05) is 13.7 Å². The van der Waals surface area contributed by atoms with Crippen molar-refractivity contribution in [2.24, 2.45) is 11.8 Å². The second-order valence-corrected chi connectivity index (χ2v) is 8.78. The summed E-state index contributed by atoms with van der Waals surface area (Å²) in [6, 6.07) is 17.5. The van der Waals surface area contributed by atoms with Crippen molar-refractivity contribution < 1.29 is 19.1 Å². The number of ether oxygens (including phenoxy) is 2. The number of likely N-dealkylation sites (tertiary alicyclic amines) is 1. The maximum absolute atomic E-state index is 13.4. The van der Waals surface area contributed by atoms with Crippen molar-refractivity contribution in [1.82, 2.24) is 10.2 Å². The number of carbonyl (C=O) groups excluding carboxylic acids is 2. The monoisotopic (exact) mass is 418 g/mol. The fourth-order valence-corrected chi connectivity index (χ4v) is 5.23. The van der Waals surface area contributed by atoms with Crippen LogP contribution in [0.2, 0.25) is 0 Å². The van der Waals surface area contributed by atoms with Crippen LogP contribution in [0, 0.1) is 11.8 Å². The predicted octanol–water partition coefficient (Wildman–Crippen LogP) is 2.68. The molecule has 3 heterocycles. The highest BCUT2D eigenvalue weighted by Crippen LogP contribution is 2.57. The zero-order valence-electron chi connectivity index (χ0n) is 17.7. The zero-order chi connectivity index (χ0) is 21.6. The van der Waals surface area contributed by atoms with E-state index in [4.69, 9.17) is 9.47 Å². The van der Waals surface area contributed by atoms with E-state index in [0.29, 0.717) is 19.6 Å². The van der Waals surface area contributed by atoms with Gasteiger partial charge >= 0.3 is 0 Å². The van der Waals surface area contributed by atoms with Gasteiger partial charge in [-0.25, -0.2) is 0 Å². The number of carbonyl (C=O) groups is 2. The third kappa shape index (κ3) is 3.22. The first-order valence-electron chi connectivity index (χ1n) is 10.6. The number of amides is 2. The molecule has 0 radical (unpaired) electrons. The Hall–Kier alpha value is -3.12. The van der Waals surface area contributed by atoms with Crippen LogP contribution in [-0.2, 0) is 27.4 Å². The summed E-state index contributed by atoms with van der Waals surface area (Å²) >= 11 is 0. The minimum Gasteiger partial charge on any atom is -0.497 e. The van der Waals surface area contributed by atoms with Gasteiger partial charge in [0.05, 0.1) is 31.1 Å². The van der Waals surface area contributed by atoms with E-state index < -0.39 is 23.0 Å². The predicted molar refractivity (Wildman–Crippen MR) is 115 cm³/mol. The molecule has 31 heavy (non-hydrogen) atoms. The number of nitrogens with one attached hydrogen (secondary N) is 1. The van der Waals surface area contributed by atoms with Gasteiger partial charge in [0.1, 0.15) is 11.4 Å². The fourth-order valence-electron chi connectivity index (χ4n) is 5.23. The molecule has 2 saturated heterocycles. The molecule has 1 spiro atoms. The van der Waals surface area contributed by atoms with Crippen molar-refractivity contribution in [3.05, 3.63) is 77.9 Å². The summed E-state index contributed by atoms with van der Waals surface area (Å²) in [5, 5.41) is 3.02. The van der Waals surface area contributed by atoms with Gasteiger partial charge in [-0.15, -0.1) is 0 Å². The molecule has 0 aromatic heterocycles. The summed E-state index contributed by atoms with van der Waals surface area (Å²) in [5.74, 6) is -0.441. The average Bonchev–Trinajstić information content (AvgIpc) is 3.35. The number of rotatable bonds is 6. The van der Waals surface area contributed by atoms with Gasteiger partial charge in [-0.05, 0) is 30.2 Å². The molecule has 0 aliphatic carbocycles. The smallest absolute Gasteiger partial charge is 0.230 e. The summed E-state index contributed by atoms with van der Waals surface area (Å²) in [6.07, 6.45) is 3.95. The number of benzene rings is 2. The van der Waals surface area contributed by atoms with Gasteiger partial charge in [-0.1, -0.05) is 54.6 Å². The summed E-state index contributed by atoms with van der Waals surface area (Å²) in [6.45, 7) is 3.29. The number of hydrogen-bond donors (Lipinski definition) is 1. The maximum Gasteiger partial charge on any atom is 0.230 e. The quantitative estimate of drug-likeness (QED) is 0.733. The Kier molecular flexibility index (Phi) is 4.63. The van der Waals surface area contributed by atoms with Gasteiger partial charge in [0.2, 0.25) is 11.8 Å². The standard InChI is InChI=1S/C25H26N2O4/c1-24-12-13-25(31-24)16-27(15-18-6-4-3-5-7-18)23(29)21(25)20(24)22(28)26-14-17-8-10-19(30-2)11-9-17/h3-13,20-21H,14-16H2,1-2H3,(H,26,28). The Labute approximate surface area is 181 Å². The molecule has 4 atom stereocenters. The fraction of sp³-hybridized carbons (Fsp3) is 0.360. The van der Waals surface area contributed by atoms with E-state index in [0.717, 1.165) is 16.9 Å². The van der Waals surface area contributed by atoms with Crippen molar-refractivity contribution >= 4 is 11.8 Å². The first kappa shape index (κ1) is 19.8. The van der Waals surface area contributed by atoms with Crippen LogP contribution in [0.15, 0.2) is 66.7 Å². The van der Waals surface area contributed by atoms with E-state index in [1.165, 1.54) is 0 Å². The number of fused-ring (bicyclic) bond motifs is 1. The minimum absolute atomic E-state index is 0.0125. The van der Waals surface area contributed by atoms with Crippen LogP contribution in [0.1, 0.15) is 18.1 Å². The normalized spacial score (nSPS) is 30.5. The van der Waals surface area contributed by atoms with Crippen LogP contribution >= 0.6 is 0 Å². The van der Waals surface area contributed by atoms with Crippen molar-refractivity contribution in [3.8, 4) is 5.75 Å². The molecule has 160 valence electrons. The highest BCUT2D eigenvalue weighted by molar-refractivity contribution is 5.93. The molecule has 2 bridgehead atoms. The van der Waals surface area contributed by atoms with Crippen LogP contribution in [0.5, 0.6) is 5.75 Å². The average molecular weight is 418 g/mol. The molecule has 1 N–H and O–H groups in total. The molecule has 2 amide bonds. The SMILES string of the molecule is COc1ccc(CNC(=O)C2C3C(=O)N(Cc4ccccc4)CC34C=CC2(C)O4)cc1. The van der Waals surface area contributed by atoms with Crippen LogP contribution in [0.4, 0.5) is 0 Å². The zero-order valence-corrected chi connectivity index (χ0v) is 17.7. The Morgan fingerprint density at radius 3 is 2.58 bits per heavy atom.